The Kier molecular flexibility index (Phi) is 20.6. The Bertz CT molecular complexity index is 680. The van der Waals surface area contributed by atoms with Crippen molar-refractivity contribution in [2.24, 2.45) is 5.92 Å². The summed E-state index contributed by atoms with van der Waals surface area (Å²) in [6, 6.07) is 6.25. The number of hydrogen-bond acceptors (Lipinski definition) is 2. The van der Waals surface area contributed by atoms with Gasteiger partial charge in [-0.15, -0.1) is 0 Å². The zero-order chi connectivity index (χ0) is 27.1. The van der Waals surface area contributed by atoms with Crippen molar-refractivity contribution >= 4 is 5.97 Å². The third kappa shape index (κ3) is 16.3. The molecule has 1 rings (SSSR count). The van der Waals surface area contributed by atoms with Crippen molar-refractivity contribution in [1.29, 1.82) is 0 Å². The van der Waals surface area contributed by atoms with Crippen LogP contribution < -0.4 is 0 Å². The van der Waals surface area contributed by atoms with Crippen LogP contribution in [0.1, 0.15) is 172 Å². The second-order valence-electron chi connectivity index (χ2n) is 11.7. The molecule has 0 bridgehead atoms. The van der Waals surface area contributed by atoms with Crippen molar-refractivity contribution in [1.82, 2.24) is 0 Å². The van der Waals surface area contributed by atoms with Crippen molar-refractivity contribution in [3.8, 4) is 0 Å². The maximum absolute atomic E-state index is 12.9. The molecule has 0 radical (unpaired) electrons. The molecule has 0 saturated heterocycles. The van der Waals surface area contributed by atoms with Gasteiger partial charge in [0.25, 0.3) is 0 Å². The molecule has 37 heavy (non-hydrogen) atoms. The third-order valence-corrected chi connectivity index (χ3v) is 8.36. The summed E-state index contributed by atoms with van der Waals surface area (Å²) >= 11 is 0. The number of carbonyl (C=O) groups excluding carboxylic acids is 1. The van der Waals surface area contributed by atoms with Crippen LogP contribution in [0.3, 0.4) is 0 Å². The molecule has 0 N–H and O–H groups in total. The number of carbonyl (C=O) groups is 1. The van der Waals surface area contributed by atoms with E-state index in [1.54, 1.807) is 0 Å². The lowest BCUT2D eigenvalue weighted by atomic mass is 9.93. The van der Waals surface area contributed by atoms with Crippen molar-refractivity contribution in [2.75, 3.05) is 6.61 Å². The lowest BCUT2D eigenvalue weighted by Gasteiger charge is -2.20. The molecular weight excluding hydrogens is 452 g/mol. The normalized spacial score (nSPS) is 13.0. The summed E-state index contributed by atoms with van der Waals surface area (Å²) < 4.78 is 5.94. The van der Waals surface area contributed by atoms with Crippen molar-refractivity contribution < 1.29 is 9.53 Å². The Hall–Kier alpha value is -1.31. The van der Waals surface area contributed by atoms with Gasteiger partial charge < -0.3 is 4.74 Å². The maximum Gasteiger partial charge on any atom is 0.313 e. The van der Waals surface area contributed by atoms with Gasteiger partial charge in [-0.1, -0.05) is 148 Å². The van der Waals surface area contributed by atoms with Gasteiger partial charge in [0.1, 0.15) is 0 Å². The van der Waals surface area contributed by atoms with Crippen LogP contribution in [0.2, 0.25) is 0 Å². The summed E-state index contributed by atoms with van der Waals surface area (Å²) in [5.74, 6) is 0.266. The minimum Gasteiger partial charge on any atom is -0.465 e. The summed E-state index contributed by atoms with van der Waals surface area (Å²) in [6.45, 7) is 11.4. The highest BCUT2D eigenvalue weighted by atomic mass is 16.5. The molecule has 0 fully saturated rings. The lowest BCUT2D eigenvalue weighted by Crippen LogP contribution is -2.19. The fourth-order valence-electron chi connectivity index (χ4n) is 5.49. The van der Waals surface area contributed by atoms with Crippen LogP contribution in [0.25, 0.3) is 0 Å². The van der Waals surface area contributed by atoms with Crippen molar-refractivity contribution in [3.63, 3.8) is 0 Å². The van der Waals surface area contributed by atoms with E-state index in [0.29, 0.717) is 12.5 Å². The Balaban J connectivity index is 2.40. The molecule has 2 atom stereocenters. The van der Waals surface area contributed by atoms with Gasteiger partial charge in [-0.05, 0) is 56.2 Å². The molecule has 0 aliphatic carbocycles. The molecule has 2 nitrogen and oxygen atoms in total. The van der Waals surface area contributed by atoms with Crippen LogP contribution in [0, 0.1) is 19.8 Å². The molecule has 2 unspecified atom stereocenters. The van der Waals surface area contributed by atoms with Crippen molar-refractivity contribution in [2.45, 2.75) is 169 Å². The smallest absolute Gasteiger partial charge is 0.313 e. The average molecular weight is 515 g/mol. The molecule has 0 aliphatic rings. The molecule has 1 aromatic carbocycles. The SMILES string of the molecule is CCCCCCCCCCCCC(CCCCCCCCCC)COC(=O)C(C)c1cccc(C)c1C. The van der Waals surface area contributed by atoms with Crippen LogP contribution >= 0.6 is 0 Å². The molecule has 0 heterocycles. The van der Waals surface area contributed by atoms with Crippen LogP contribution in [-0.2, 0) is 9.53 Å². The average Bonchev–Trinajstić information content (AvgIpc) is 2.90. The van der Waals surface area contributed by atoms with E-state index in [1.165, 1.54) is 140 Å². The summed E-state index contributed by atoms with van der Waals surface area (Å²) in [7, 11) is 0. The molecule has 0 saturated carbocycles. The van der Waals surface area contributed by atoms with Crippen molar-refractivity contribution in [3.05, 3.63) is 34.9 Å². The topological polar surface area (TPSA) is 26.3 Å². The van der Waals surface area contributed by atoms with E-state index in [9.17, 15) is 4.79 Å². The van der Waals surface area contributed by atoms with Gasteiger partial charge in [0, 0.05) is 0 Å². The first-order chi connectivity index (χ1) is 18.0. The number of aryl methyl sites for hydroxylation is 1. The van der Waals surface area contributed by atoms with Crippen LogP contribution in [-0.4, -0.2) is 12.6 Å². The second-order valence-corrected chi connectivity index (χ2v) is 11.7. The zero-order valence-corrected chi connectivity index (χ0v) is 25.6. The summed E-state index contributed by atoms with van der Waals surface area (Å²) in [6.07, 6.45) is 27.0. The van der Waals surface area contributed by atoms with Crippen LogP contribution in [0.5, 0.6) is 0 Å². The predicted molar refractivity (Wildman–Crippen MR) is 162 cm³/mol. The van der Waals surface area contributed by atoms with E-state index in [1.807, 2.05) is 6.92 Å². The summed E-state index contributed by atoms with van der Waals surface area (Å²) in [4.78, 5) is 12.9. The molecule has 0 amide bonds. The number of hydrogen-bond donors (Lipinski definition) is 0. The van der Waals surface area contributed by atoms with E-state index in [-0.39, 0.29) is 11.9 Å². The molecule has 214 valence electrons. The Morgan fingerprint density at radius 3 is 1.57 bits per heavy atom. The molecular formula is C35H62O2. The minimum absolute atomic E-state index is 0.0577. The first kappa shape index (κ1) is 33.7. The first-order valence-corrected chi connectivity index (χ1v) is 16.2. The third-order valence-electron chi connectivity index (χ3n) is 8.36. The molecule has 1 aromatic rings. The number of ether oxygens (including phenoxy) is 1. The van der Waals surface area contributed by atoms with E-state index in [4.69, 9.17) is 4.74 Å². The summed E-state index contributed by atoms with van der Waals surface area (Å²) in [5.41, 5.74) is 3.57. The lowest BCUT2D eigenvalue weighted by molar-refractivity contribution is -0.146. The zero-order valence-electron chi connectivity index (χ0n) is 25.6. The van der Waals surface area contributed by atoms with Gasteiger partial charge in [0.2, 0.25) is 0 Å². The van der Waals surface area contributed by atoms with E-state index >= 15 is 0 Å². The minimum atomic E-state index is -0.194. The predicted octanol–water partition coefficient (Wildman–Crippen LogP) is 11.4. The maximum atomic E-state index is 12.9. The highest BCUT2D eigenvalue weighted by Gasteiger charge is 2.21. The van der Waals surface area contributed by atoms with Gasteiger partial charge in [-0.3, -0.25) is 4.79 Å². The fraction of sp³-hybridized carbons (Fsp3) is 0.800. The summed E-state index contributed by atoms with van der Waals surface area (Å²) in [5, 5.41) is 0. The van der Waals surface area contributed by atoms with Gasteiger partial charge in [-0.2, -0.15) is 0 Å². The number of unbranched alkanes of at least 4 members (excludes halogenated alkanes) is 16. The van der Waals surface area contributed by atoms with Gasteiger partial charge >= 0.3 is 5.97 Å². The molecule has 0 aliphatic heterocycles. The second kappa shape index (κ2) is 22.7. The largest absolute Gasteiger partial charge is 0.465 e. The highest BCUT2D eigenvalue weighted by Crippen LogP contribution is 2.25. The fourth-order valence-corrected chi connectivity index (χ4v) is 5.49. The molecule has 2 heteroatoms. The van der Waals surface area contributed by atoms with Gasteiger partial charge in [0.05, 0.1) is 12.5 Å². The quantitative estimate of drug-likeness (QED) is 0.101. The van der Waals surface area contributed by atoms with Gasteiger partial charge in [-0.25, -0.2) is 0 Å². The standard InChI is InChI=1S/C35H62O2/c1-6-8-10-12-14-16-17-19-21-23-27-33(26-22-20-18-15-13-11-9-7-2)29-37-35(36)32(5)34-28-24-25-30(3)31(34)4/h24-25,28,32-33H,6-23,26-27,29H2,1-5H3. The highest BCUT2D eigenvalue weighted by molar-refractivity contribution is 5.78. The monoisotopic (exact) mass is 514 g/mol. The Labute approximate surface area is 231 Å². The number of esters is 1. The van der Waals surface area contributed by atoms with E-state index in [0.717, 1.165) is 5.56 Å². The Morgan fingerprint density at radius 2 is 1.11 bits per heavy atom. The number of benzene rings is 1. The molecule has 0 aromatic heterocycles. The number of rotatable bonds is 24. The Morgan fingerprint density at radius 1 is 0.676 bits per heavy atom. The van der Waals surface area contributed by atoms with Crippen LogP contribution in [0.4, 0.5) is 0 Å². The first-order valence-electron chi connectivity index (χ1n) is 16.2. The van der Waals surface area contributed by atoms with E-state index < -0.39 is 0 Å². The van der Waals surface area contributed by atoms with E-state index in [2.05, 4.69) is 45.9 Å². The van der Waals surface area contributed by atoms with Gasteiger partial charge in [0.15, 0.2) is 0 Å². The van der Waals surface area contributed by atoms with Crippen LogP contribution in [0.15, 0.2) is 18.2 Å². The molecule has 0 spiro atoms.